The van der Waals surface area contributed by atoms with Crippen molar-refractivity contribution in [2.24, 2.45) is 5.92 Å². The van der Waals surface area contributed by atoms with Gasteiger partial charge in [0.2, 0.25) is 0 Å². The molecule has 0 bridgehead atoms. The van der Waals surface area contributed by atoms with Crippen molar-refractivity contribution in [3.05, 3.63) is 17.6 Å². The van der Waals surface area contributed by atoms with E-state index < -0.39 is 0 Å². The molecule has 21 heavy (non-hydrogen) atoms. The Kier molecular flexibility index (Phi) is 4.43. The smallest absolute Gasteiger partial charge is 0.133 e. The fourth-order valence-electron chi connectivity index (χ4n) is 4.01. The zero-order chi connectivity index (χ0) is 14.7. The average molecular weight is 289 g/mol. The Morgan fingerprint density at radius 3 is 2.90 bits per heavy atom. The van der Waals surface area contributed by atoms with Crippen LogP contribution in [0.3, 0.4) is 0 Å². The van der Waals surface area contributed by atoms with Gasteiger partial charge in [0.1, 0.15) is 12.1 Å². The molecule has 0 aromatic carbocycles. The molecule has 2 aliphatic carbocycles. The van der Waals surface area contributed by atoms with Crippen molar-refractivity contribution in [1.82, 2.24) is 9.97 Å². The van der Waals surface area contributed by atoms with E-state index in [2.05, 4.69) is 22.2 Å². The zero-order valence-corrected chi connectivity index (χ0v) is 13.1. The number of fused-ring (bicyclic) bond motifs is 1. The van der Waals surface area contributed by atoms with Crippen LogP contribution in [0.5, 0.6) is 0 Å². The van der Waals surface area contributed by atoms with Gasteiger partial charge in [-0.3, -0.25) is 0 Å². The molecule has 1 fully saturated rings. The SMILES string of the molecule is CC1CCCC(CO)(Nc2ncnc3c2CCCCC3)C1. The van der Waals surface area contributed by atoms with Gasteiger partial charge in [-0.2, -0.15) is 0 Å². The first-order valence-corrected chi connectivity index (χ1v) is 8.44. The first-order chi connectivity index (χ1) is 10.2. The number of aromatic nitrogens is 2. The molecular weight excluding hydrogens is 262 g/mol. The van der Waals surface area contributed by atoms with Crippen LogP contribution in [0.15, 0.2) is 6.33 Å². The monoisotopic (exact) mass is 289 g/mol. The zero-order valence-electron chi connectivity index (χ0n) is 13.1. The van der Waals surface area contributed by atoms with E-state index in [1.165, 1.54) is 43.4 Å². The Morgan fingerprint density at radius 1 is 1.24 bits per heavy atom. The van der Waals surface area contributed by atoms with E-state index in [1.54, 1.807) is 6.33 Å². The quantitative estimate of drug-likeness (QED) is 0.840. The van der Waals surface area contributed by atoms with E-state index in [0.717, 1.165) is 31.5 Å². The number of aliphatic hydroxyl groups excluding tert-OH is 1. The van der Waals surface area contributed by atoms with Crippen molar-refractivity contribution in [2.75, 3.05) is 11.9 Å². The van der Waals surface area contributed by atoms with Gasteiger partial charge in [0.15, 0.2) is 0 Å². The minimum atomic E-state index is -0.188. The number of rotatable bonds is 3. The largest absolute Gasteiger partial charge is 0.394 e. The summed E-state index contributed by atoms with van der Waals surface area (Å²) < 4.78 is 0. The van der Waals surface area contributed by atoms with Crippen LogP contribution in [0.2, 0.25) is 0 Å². The van der Waals surface area contributed by atoms with Gasteiger partial charge in [-0.15, -0.1) is 0 Å². The molecule has 0 aliphatic heterocycles. The maximum absolute atomic E-state index is 9.97. The standard InChI is InChI=1S/C17H27N3O/c1-13-6-5-9-17(10-13,11-21)20-16-14-7-3-2-4-8-15(14)18-12-19-16/h12-13,21H,2-11H2,1H3,(H,18,19,20). The van der Waals surface area contributed by atoms with E-state index in [0.29, 0.717) is 5.92 Å². The predicted octanol–water partition coefficient (Wildman–Crippen LogP) is 3.10. The molecule has 116 valence electrons. The topological polar surface area (TPSA) is 58.0 Å². The van der Waals surface area contributed by atoms with Crippen LogP contribution in [0, 0.1) is 5.92 Å². The van der Waals surface area contributed by atoms with Crippen molar-refractivity contribution >= 4 is 5.82 Å². The van der Waals surface area contributed by atoms with E-state index in [9.17, 15) is 5.11 Å². The number of hydrogen-bond donors (Lipinski definition) is 2. The number of anilines is 1. The molecular formula is C17H27N3O. The van der Waals surface area contributed by atoms with Gasteiger partial charge in [-0.1, -0.05) is 26.2 Å². The third-order valence-electron chi connectivity index (χ3n) is 5.15. The summed E-state index contributed by atoms with van der Waals surface area (Å²) in [5.74, 6) is 1.64. The molecule has 2 N–H and O–H groups in total. The van der Waals surface area contributed by atoms with Gasteiger partial charge in [-0.05, 0) is 44.4 Å². The highest BCUT2D eigenvalue weighted by molar-refractivity contribution is 5.48. The van der Waals surface area contributed by atoms with Gasteiger partial charge in [-0.25, -0.2) is 9.97 Å². The van der Waals surface area contributed by atoms with E-state index >= 15 is 0 Å². The minimum Gasteiger partial charge on any atom is -0.394 e. The van der Waals surface area contributed by atoms with Crippen molar-refractivity contribution in [3.63, 3.8) is 0 Å². The molecule has 2 atom stereocenters. The second kappa shape index (κ2) is 6.30. The van der Waals surface area contributed by atoms with Crippen molar-refractivity contribution < 1.29 is 5.11 Å². The summed E-state index contributed by atoms with van der Waals surface area (Å²) in [6.45, 7) is 2.47. The van der Waals surface area contributed by atoms with Crippen molar-refractivity contribution in [1.29, 1.82) is 0 Å². The predicted molar refractivity (Wildman–Crippen MR) is 84.4 cm³/mol. The van der Waals surface area contributed by atoms with Crippen molar-refractivity contribution in [2.45, 2.75) is 70.3 Å². The van der Waals surface area contributed by atoms with Gasteiger partial charge >= 0.3 is 0 Å². The first-order valence-electron chi connectivity index (χ1n) is 8.44. The Bertz CT molecular complexity index is 491. The number of aryl methyl sites for hydroxylation is 1. The maximum atomic E-state index is 9.97. The highest BCUT2D eigenvalue weighted by atomic mass is 16.3. The molecule has 1 aromatic heterocycles. The number of nitrogens with one attached hydrogen (secondary N) is 1. The van der Waals surface area contributed by atoms with Gasteiger partial charge in [0.05, 0.1) is 12.1 Å². The molecule has 0 saturated heterocycles. The summed E-state index contributed by atoms with van der Waals surface area (Å²) >= 11 is 0. The van der Waals surface area contributed by atoms with Gasteiger partial charge in [0.25, 0.3) is 0 Å². The molecule has 4 nitrogen and oxygen atoms in total. The Balaban J connectivity index is 1.86. The Hall–Kier alpha value is -1.16. The second-order valence-electron chi connectivity index (χ2n) is 6.97. The Labute approximate surface area is 127 Å². The molecule has 0 spiro atoms. The lowest BCUT2D eigenvalue weighted by atomic mass is 9.76. The number of nitrogens with zero attached hydrogens (tertiary/aromatic N) is 2. The van der Waals surface area contributed by atoms with E-state index in [4.69, 9.17) is 0 Å². The van der Waals surface area contributed by atoms with Crippen LogP contribution in [0.1, 0.15) is 63.1 Å². The summed E-state index contributed by atoms with van der Waals surface area (Å²) in [5.41, 5.74) is 2.31. The molecule has 3 rings (SSSR count). The number of hydrogen-bond acceptors (Lipinski definition) is 4. The molecule has 4 heteroatoms. The molecule has 0 radical (unpaired) electrons. The highest BCUT2D eigenvalue weighted by Crippen LogP contribution is 2.36. The maximum Gasteiger partial charge on any atom is 0.133 e. The summed E-state index contributed by atoms with van der Waals surface area (Å²) in [5, 5.41) is 13.6. The Morgan fingerprint density at radius 2 is 2.10 bits per heavy atom. The van der Waals surface area contributed by atoms with Gasteiger partial charge < -0.3 is 10.4 Å². The average Bonchev–Trinajstić information content (AvgIpc) is 2.73. The molecule has 1 heterocycles. The van der Waals surface area contributed by atoms with Crippen LogP contribution >= 0.6 is 0 Å². The fourth-order valence-corrected chi connectivity index (χ4v) is 4.01. The van der Waals surface area contributed by atoms with Crippen LogP contribution in [-0.4, -0.2) is 27.2 Å². The fraction of sp³-hybridized carbons (Fsp3) is 0.765. The summed E-state index contributed by atoms with van der Waals surface area (Å²) in [7, 11) is 0. The third kappa shape index (κ3) is 3.20. The first kappa shape index (κ1) is 14.8. The van der Waals surface area contributed by atoms with Crippen LogP contribution in [-0.2, 0) is 12.8 Å². The molecule has 1 aromatic rings. The second-order valence-corrected chi connectivity index (χ2v) is 6.97. The summed E-state index contributed by atoms with van der Waals surface area (Å²) in [6, 6.07) is 0. The minimum absolute atomic E-state index is 0.188. The van der Waals surface area contributed by atoms with Crippen LogP contribution < -0.4 is 5.32 Å². The van der Waals surface area contributed by atoms with Crippen LogP contribution in [0.4, 0.5) is 5.82 Å². The number of aliphatic hydroxyl groups is 1. The molecule has 1 saturated carbocycles. The van der Waals surface area contributed by atoms with Crippen LogP contribution in [0.25, 0.3) is 0 Å². The van der Waals surface area contributed by atoms with E-state index in [-0.39, 0.29) is 12.1 Å². The van der Waals surface area contributed by atoms with E-state index in [1.807, 2.05) is 0 Å². The van der Waals surface area contributed by atoms with Crippen molar-refractivity contribution in [3.8, 4) is 0 Å². The normalized spacial score (nSPS) is 29.5. The lowest BCUT2D eigenvalue weighted by Crippen LogP contribution is -2.46. The lowest BCUT2D eigenvalue weighted by Gasteiger charge is -2.40. The third-order valence-corrected chi connectivity index (χ3v) is 5.15. The highest BCUT2D eigenvalue weighted by Gasteiger charge is 2.35. The van der Waals surface area contributed by atoms with Gasteiger partial charge in [0, 0.05) is 11.3 Å². The molecule has 2 unspecified atom stereocenters. The molecule has 0 amide bonds. The molecule has 2 aliphatic rings. The summed E-state index contributed by atoms with van der Waals surface area (Å²) in [4.78, 5) is 9.00. The summed E-state index contributed by atoms with van der Waals surface area (Å²) in [6.07, 6.45) is 12.1. The lowest BCUT2D eigenvalue weighted by molar-refractivity contribution is 0.149.